The molecule has 206 valence electrons. The van der Waals surface area contributed by atoms with E-state index in [1.165, 1.54) is 37.8 Å². The SMILES string of the molecule is CC/C=C\C/C=C\C/C=C\CCCCCCCCOC(CC)C(=O)CCCOC(=O)c1ccccc1O. The van der Waals surface area contributed by atoms with Gasteiger partial charge in [0.05, 0.1) is 6.61 Å². The van der Waals surface area contributed by atoms with Crippen LogP contribution in [0.15, 0.2) is 60.7 Å². The number of carbonyl (C=O) groups is 2. The van der Waals surface area contributed by atoms with Crippen LogP contribution < -0.4 is 0 Å². The summed E-state index contributed by atoms with van der Waals surface area (Å²) in [6.45, 7) is 4.85. The summed E-state index contributed by atoms with van der Waals surface area (Å²) < 4.78 is 11.0. The molecule has 1 atom stereocenters. The molecule has 0 radical (unpaired) electrons. The Balaban J connectivity index is 2.00. The van der Waals surface area contributed by atoms with Crippen molar-refractivity contribution in [3.63, 3.8) is 0 Å². The van der Waals surface area contributed by atoms with Gasteiger partial charge in [0.25, 0.3) is 0 Å². The van der Waals surface area contributed by atoms with Gasteiger partial charge in [-0.3, -0.25) is 4.79 Å². The van der Waals surface area contributed by atoms with Gasteiger partial charge < -0.3 is 14.6 Å². The van der Waals surface area contributed by atoms with Gasteiger partial charge in [-0.15, -0.1) is 0 Å². The first-order chi connectivity index (χ1) is 18.1. The third kappa shape index (κ3) is 16.7. The smallest absolute Gasteiger partial charge is 0.341 e. The standard InChI is InChI=1S/C32H48O5/c1-3-5-6-7-8-9-10-11-12-13-14-15-16-17-18-21-26-36-31(4-2)30(34)25-22-27-37-32(35)28-23-19-20-24-29(28)33/h5-6,8-9,11-12,19-20,23-24,31,33H,3-4,7,10,13-18,21-22,25-27H2,1-2H3/b6-5-,9-8-,12-11-. The number of hydrogen-bond donors (Lipinski definition) is 1. The van der Waals surface area contributed by atoms with Gasteiger partial charge in [0.15, 0.2) is 5.78 Å². The van der Waals surface area contributed by atoms with Gasteiger partial charge in [0.1, 0.15) is 17.4 Å². The Hall–Kier alpha value is -2.66. The van der Waals surface area contributed by atoms with Crippen LogP contribution in [0.4, 0.5) is 0 Å². The number of para-hydroxylation sites is 1. The predicted molar refractivity (Wildman–Crippen MR) is 152 cm³/mol. The molecule has 0 fully saturated rings. The van der Waals surface area contributed by atoms with Crippen molar-refractivity contribution in [1.82, 2.24) is 0 Å². The Morgan fingerprint density at radius 2 is 1.46 bits per heavy atom. The van der Waals surface area contributed by atoms with E-state index in [0.717, 1.165) is 38.5 Å². The molecule has 1 aromatic carbocycles. The first-order valence-electron chi connectivity index (χ1n) is 14.1. The van der Waals surface area contributed by atoms with Crippen LogP contribution in [0.2, 0.25) is 0 Å². The average Bonchev–Trinajstić information content (AvgIpc) is 2.90. The molecule has 0 aliphatic carbocycles. The van der Waals surface area contributed by atoms with Crippen LogP contribution in [-0.4, -0.2) is 36.2 Å². The quantitative estimate of drug-likeness (QED) is 0.0961. The number of unbranched alkanes of at least 4 members (excludes halogenated alkanes) is 6. The van der Waals surface area contributed by atoms with E-state index < -0.39 is 5.97 Å². The number of aromatic hydroxyl groups is 1. The van der Waals surface area contributed by atoms with Gasteiger partial charge in [0.2, 0.25) is 0 Å². The molecule has 0 heterocycles. The molecule has 1 N–H and O–H groups in total. The fraction of sp³-hybridized carbons (Fsp3) is 0.562. The Morgan fingerprint density at radius 3 is 2.16 bits per heavy atom. The Kier molecular flexibility index (Phi) is 19.7. The second-order valence-electron chi connectivity index (χ2n) is 9.19. The number of ketones is 1. The van der Waals surface area contributed by atoms with E-state index in [9.17, 15) is 14.7 Å². The fourth-order valence-corrected chi connectivity index (χ4v) is 3.86. The number of allylic oxidation sites excluding steroid dienone is 6. The van der Waals surface area contributed by atoms with Crippen LogP contribution in [0.3, 0.4) is 0 Å². The van der Waals surface area contributed by atoms with Crippen molar-refractivity contribution >= 4 is 11.8 Å². The summed E-state index contributed by atoms with van der Waals surface area (Å²) in [7, 11) is 0. The Labute approximate surface area is 224 Å². The second kappa shape index (κ2) is 22.5. The highest BCUT2D eigenvalue weighted by Crippen LogP contribution is 2.17. The minimum absolute atomic E-state index is 0.0537. The minimum Gasteiger partial charge on any atom is -0.507 e. The second-order valence-corrected chi connectivity index (χ2v) is 9.19. The molecule has 1 rings (SSSR count). The van der Waals surface area contributed by atoms with Crippen molar-refractivity contribution in [2.24, 2.45) is 0 Å². The van der Waals surface area contributed by atoms with Gasteiger partial charge in [-0.2, -0.15) is 0 Å². The third-order valence-electron chi connectivity index (χ3n) is 6.02. The van der Waals surface area contributed by atoms with E-state index in [1.807, 2.05) is 6.92 Å². The molecule has 0 amide bonds. The average molecular weight is 513 g/mol. The van der Waals surface area contributed by atoms with Crippen molar-refractivity contribution in [3.8, 4) is 5.75 Å². The number of esters is 1. The highest BCUT2D eigenvalue weighted by Gasteiger charge is 2.17. The summed E-state index contributed by atoms with van der Waals surface area (Å²) in [5.74, 6) is -0.632. The van der Waals surface area contributed by atoms with Crippen molar-refractivity contribution < 1.29 is 24.2 Å². The van der Waals surface area contributed by atoms with Crippen molar-refractivity contribution in [3.05, 3.63) is 66.3 Å². The van der Waals surface area contributed by atoms with Crippen LogP contribution >= 0.6 is 0 Å². The summed E-state index contributed by atoms with van der Waals surface area (Å²) in [6.07, 6.45) is 25.8. The zero-order chi connectivity index (χ0) is 27.0. The van der Waals surface area contributed by atoms with Gasteiger partial charge in [-0.25, -0.2) is 4.79 Å². The highest BCUT2D eigenvalue weighted by molar-refractivity contribution is 5.92. The summed E-state index contributed by atoms with van der Waals surface area (Å²) in [6, 6.07) is 6.26. The zero-order valence-corrected chi connectivity index (χ0v) is 23.0. The summed E-state index contributed by atoms with van der Waals surface area (Å²) in [4.78, 5) is 24.4. The van der Waals surface area contributed by atoms with E-state index in [0.29, 0.717) is 25.9 Å². The summed E-state index contributed by atoms with van der Waals surface area (Å²) in [5, 5.41) is 9.70. The number of benzene rings is 1. The third-order valence-corrected chi connectivity index (χ3v) is 6.02. The van der Waals surface area contributed by atoms with Gasteiger partial charge >= 0.3 is 5.97 Å². The molecule has 5 nitrogen and oxygen atoms in total. The van der Waals surface area contributed by atoms with E-state index in [-0.39, 0.29) is 29.8 Å². The first kappa shape index (κ1) is 32.4. The zero-order valence-electron chi connectivity index (χ0n) is 23.0. The van der Waals surface area contributed by atoms with Crippen LogP contribution in [0.5, 0.6) is 5.75 Å². The van der Waals surface area contributed by atoms with Crippen molar-refractivity contribution in [1.29, 1.82) is 0 Å². The molecule has 0 saturated heterocycles. The molecule has 0 saturated carbocycles. The summed E-state index contributed by atoms with van der Waals surface area (Å²) in [5.41, 5.74) is 0.134. The fourth-order valence-electron chi connectivity index (χ4n) is 3.86. The lowest BCUT2D eigenvalue weighted by Crippen LogP contribution is -2.24. The predicted octanol–water partition coefficient (Wildman–Crippen LogP) is 8.28. The lowest BCUT2D eigenvalue weighted by atomic mass is 10.1. The van der Waals surface area contributed by atoms with E-state index in [2.05, 4.69) is 43.4 Å². The van der Waals surface area contributed by atoms with E-state index in [4.69, 9.17) is 9.47 Å². The van der Waals surface area contributed by atoms with E-state index >= 15 is 0 Å². The normalized spacial score (nSPS) is 12.6. The molecular weight excluding hydrogens is 464 g/mol. The lowest BCUT2D eigenvalue weighted by Gasteiger charge is -2.15. The first-order valence-corrected chi connectivity index (χ1v) is 14.1. The molecule has 1 aromatic rings. The number of ether oxygens (including phenoxy) is 2. The molecule has 0 spiro atoms. The van der Waals surface area contributed by atoms with Crippen molar-refractivity contribution in [2.45, 2.75) is 103 Å². The van der Waals surface area contributed by atoms with Gasteiger partial charge in [-0.1, -0.05) is 88.1 Å². The van der Waals surface area contributed by atoms with Crippen LogP contribution in [0.1, 0.15) is 108 Å². The molecule has 0 bridgehead atoms. The monoisotopic (exact) mass is 512 g/mol. The number of phenolic OH excluding ortho intramolecular Hbond substituents is 1. The van der Waals surface area contributed by atoms with E-state index in [1.54, 1.807) is 12.1 Å². The molecule has 0 aliphatic heterocycles. The van der Waals surface area contributed by atoms with Crippen LogP contribution in [-0.2, 0) is 14.3 Å². The molecule has 37 heavy (non-hydrogen) atoms. The maximum atomic E-state index is 12.4. The maximum Gasteiger partial charge on any atom is 0.341 e. The Morgan fingerprint density at radius 1 is 0.811 bits per heavy atom. The van der Waals surface area contributed by atoms with Crippen LogP contribution in [0, 0.1) is 0 Å². The Bertz CT molecular complexity index is 824. The summed E-state index contributed by atoms with van der Waals surface area (Å²) >= 11 is 0. The number of phenols is 1. The molecule has 0 aliphatic rings. The topological polar surface area (TPSA) is 72.8 Å². The largest absolute Gasteiger partial charge is 0.507 e. The van der Waals surface area contributed by atoms with Gasteiger partial charge in [-0.05, 0) is 63.5 Å². The number of carbonyl (C=O) groups excluding carboxylic acids is 2. The minimum atomic E-state index is -0.579. The number of hydrogen-bond acceptors (Lipinski definition) is 5. The highest BCUT2D eigenvalue weighted by atomic mass is 16.5. The number of Topliss-reactive ketones (excluding diaryl/α,β-unsaturated/α-hetero) is 1. The lowest BCUT2D eigenvalue weighted by molar-refractivity contribution is -0.131. The number of rotatable bonds is 22. The molecule has 5 heteroatoms. The van der Waals surface area contributed by atoms with Crippen LogP contribution in [0.25, 0.3) is 0 Å². The molecular formula is C32H48O5. The maximum absolute atomic E-state index is 12.4. The molecule has 1 unspecified atom stereocenters. The molecule has 0 aromatic heterocycles. The van der Waals surface area contributed by atoms with Crippen molar-refractivity contribution in [2.75, 3.05) is 13.2 Å². The van der Waals surface area contributed by atoms with Gasteiger partial charge in [0, 0.05) is 13.0 Å².